The number of rotatable bonds is 8. The lowest BCUT2D eigenvalue weighted by atomic mass is 10.1. The van der Waals surface area contributed by atoms with Gasteiger partial charge in [-0.25, -0.2) is 0 Å². The van der Waals surface area contributed by atoms with Crippen molar-refractivity contribution in [1.82, 2.24) is 0 Å². The van der Waals surface area contributed by atoms with E-state index >= 15 is 0 Å². The van der Waals surface area contributed by atoms with Gasteiger partial charge in [-0.05, 0) is 56.3 Å². The zero-order chi connectivity index (χ0) is 19.1. The van der Waals surface area contributed by atoms with Gasteiger partial charge in [-0.1, -0.05) is 11.6 Å². The fraction of sp³-hybridized carbons (Fsp3) is 0.350. The third kappa shape index (κ3) is 5.38. The highest BCUT2D eigenvalue weighted by molar-refractivity contribution is 6.31. The van der Waals surface area contributed by atoms with E-state index < -0.39 is 0 Å². The van der Waals surface area contributed by atoms with E-state index in [1.165, 1.54) is 0 Å². The van der Waals surface area contributed by atoms with Crippen molar-refractivity contribution in [3.8, 4) is 11.5 Å². The number of halogens is 1. The molecular weight excluding hydrogens is 352 g/mol. The van der Waals surface area contributed by atoms with Crippen LogP contribution in [0.4, 0.5) is 5.69 Å². The average molecular weight is 378 g/mol. The summed E-state index contributed by atoms with van der Waals surface area (Å²) in [6.07, 6.45) is 0. The molecule has 1 amide bonds. The smallest absolute Gasteiger partial charge is 0.282 e. The van der Waals surface area contributed by atoms with Gasteiger partial charge in [-0.15, -0.1) is 0 Å². The Kier molecular flexibility index (Phi) is 7.30. The molecule has 2 aromatic carbocycles. The van der Waals surface area contributed by atoms with E-state index in [9.17, 15) is 4.79 Å². The summed E-state index contributed by atoms with van der Waals surface area (Å²) in [5.74, 6) is 1.35. The second kappa shape index (κ2) is 9.46. The summed E-state index contributed by atoms with van der Waals surface area (Å²) in [7, 11) is 3.56. The summed E-state index contributed by atoms with van der Waals surface area (Å²) in [5.41, 5.74) is 1.72. The first-order chi connectivity index (χ1) is 12.4. The van der Waals surface area contributed by atoms with Gasteiger partial charge in [0.1, 0.15) is 18.0 Å². The minimum Gasteiger partial charge on any atom is -0.495 e. The number of amides is 1. The molecule has 0 heterocycles. The van der Waals surface area contributed by atoms with Crippen molar-refractivity contribution in [2.24, 2.45) is 0 Å². The largest absolute Gasteiger partial charge is 0.495 e. The van der Waals surface area contributed by atoms with Gasteiger partial charge >= 0.3 is 0 Å². The molecular formula is C20H26ClN2O3+. The van der Waals surface area contributed by atoms with Crippen LogP contribution in [0.3, 0.4) is 0 Å². The van der Waals surface area contributed by atoms with Crippen LogP contribution in [-0.2, 0) is 11.3 Å². The van der Waals surface area contributed by atoms with E-state index in [0.29, 0.717) is 23.1 Å². The number of carbonyl (C=O) groups is 1. The van der Waals surface area contributed by atoms with Crippen LogP contribution in [-0.4, -0.2) is 32.7 Å². The van der Waals surface area contributed by atoms with Crippen molar-refractivity contribution in [3.05, 3.63) is 53.1 Å². The quantitative estimate of drug-likeness (QED) is 0.743. The number of hydrogen-bond donors (Lipinski definition) is 2. The zero-order valence-electron chi connectivity index (χ0n) is 15.6. The summed E-state index contributed by atoms with van der Waals surface area (Å²) in [4.78, 5) is 13.7. The Morgan fingerprint density at radius 1 is 1.23 bits per heavy atom. The molecule has 0 saturated carbocycles. The van der Waals surface area contributed by atoms with Crippen LogP contribution in [0.25, 0.3) is 0 Å². The predicted molar refractivity (Wildman–Crippen MR) is 104 cm³/mol. The molecule has 140 valence electrons. The number of ether oxygens (including phenoxy) is 2. The fourth-order valence-electron chi connectivity index (χ4n) is 2.59. The van der Waals surface area contributed by atoms with Gasteiger partial charge in [0.15, 0.2) is 6.04 Å². The van der Waals surface area contributed by atoms with E-state index in [4.69, 9.17) is 21.1 Å². The molecule has 0 aliphatic heterocycles. The van der Waals surface area contributed by atoms with Crippen LogP contribution in [0.5, 0.6) is 11.5 Å². The maximum atomic E-state index is 12.6. The van der Waals surface area contributed by atoms with Crippen LogP contribution in [0.1, 0.15) is 19.4 Å². The van der Waals surface area contributed by atoms with E-state index in [1.54, 1.807) is 25.3 Å². The highest BCUT2D eigenvalue weighted by atomic mass is 35.5. The summed E-state index contributed by atoms with van der Waals surface area (Å²) < 4.78 is 10.7. The number of quaternary nitrogens is 1. The van der Waals surface area contributed by atoms with Gasteiger partial charge in [0, 0.05) is 10.6 Å². The molecule has 5 nitrogen and oxygen atoms in total. The topological polar surface area (TPSA) is 52.0 Å². The van der Waals surface area contributed by atoms with Crippen molar-refractivity contribution >= 4 is 23.2 Å². The lowest BCUT2D eigenvalue weighted by Crippen LogP contribution is -3.12. The molecule has 0 radical (unpaired) electrons. The van der Waals surface area contributed by atoms with Gasteiger partial charge in [0.05, 0.1) is 26.5 Å². The molecule has 0 aliphatic rings. The molecule has 2 atom stereocenters. The summed E-state index contributed by atoms with van der Waals surface area (Å²) in [6.45, 7) is 5.24. The van der Waals surface area contributed by atoms with Crippen LogP contribution in [0, 0.1) is 0 Å². The number of nitrogens with one attached hydrogen (secondary N) is 2. The van der Waals surface area contributed by atoms with Crippen molar-refractivity contribution in [1.29, 1.82) is 0 Å². The maximum absolute atomic E-state index is 12.6. The standard InChI is InChI=1S/C20H25ClN2O3/c1-5-26-17-9-6-15(7-10-17)13-23(3)14(2)20(24)22-18-12-16(21)8-11-19(18)25-4/h6-12,14H,5,13H2,1-4H3,(H,22,24)/p+1/t14-/m0/s1. The van der Waals surface area contributed by atoms with Crippen LogP contribution >= 0.6 is 11.6 Å². The normalized spacial score (nSPS) is 13.0. The van der Waals surface area contributed by atoms with E-state index in [0.717, 1.165) is 22.8 Å². The Labute approximate surface area is 159 Å². The molecule has 26 heavy (non-hydrogen) atoms. The number of methoxy groups -OCH3 is 1. The Morgan fingerprint density at radius 3 is 2.54 bits per heavy atom. The van der Waals surface area contributed by atoms with Crippen molar-refractivity contribution < 1.29 is 19.2 Å². The monoisotopic (exact) mass is 377 g/mol. The molecule has 0 aliphatic carbocycles. The molecule has 2 rings (SSSR count). The number of hydrogen-bond acceptors (Lipinski definition) is 3. The SMILES string of the molecule is CCOc1ccc(C[NH+](C)[C@@H](C)C(=O)Nc2cc(Cl)ccc2OC)cc1. The van der Waals surface area contributed by atoms with Gasteiger partial charge in [0.2, 0.25) is 0 Å². The Hall–Kier alpha value is -2.24. The molecule has 0 fully saturated rings. The van der Waals surface area contributed by atoms with Crippen LogP contribution in [0.15, 0.2) is 42.5 Å². The summed E-state index contributed by atoms with van der Waals surface area (Å²) in [6, 6.07) is 12.9. The molecule has 6 heteroatoms. The molecule has 2 N–H and O–H groups in total. The van der Waals surface area contributed by atoms with Crippen LogP contribution < -0.4 is 19.7 Å². The van der Waals surface area contributed by atoms with E-state index in [-0.39, 0.29) is 11.9 Å². The first-order valence-electron chi connectivity index (χ1n) is 8.63. The maximum Gasteiger partial charge on any atom is 0.282 e. The third-order valence-electron chi connectivity index (χ3n) is 4.27. The van der Waals surface area contributed by atoms with E-state index in [2.05, 4.69) is 5.32 Å². The number of likely N-dealkylation sites (N-methyl/N-ethyl adjacent to an activating group) is 1. The molecule has 0 aromatic heterocycles. The molecule has 0 saturated heterocycles. The molecule has 1 unspecified atom stereocenters. The summed E-state index contributed by atoms with van der Waals surface area (Å²) >= 11 is 6.02. The minimum absolute atomic E-state index is 0.0889. The van der Waals surface area contributed by atoms with Gasteiger partial charge in [-0.3, -0.25) is 4.79 Å². The first kappa shape index (κ1) is 20.1. The Morgan fingerprint density at radius 2 is 1.92 bits per heavy atom. The second-order valence-electron chi connectivity index (χ2n) is 6.16. The average Bonchev–Trinajstić information content (AvgIpc) is 2.63. The van der Waals surface area contributed by atoms with Crippen LogP contribution in [0.2, 0.25) is 5.02 Å². The van der Waals surface area contributed by atoms with Crippen molar-refractivity contribution in [2.75, 3.05) is 26.1 Å². The van der Waals surface area contributed by atoms with Gasteiger partial charge in [-0.2, -0.15) is 0 Å². The number of carbonyl (C=O) groups excluding carboxylic acids is 1. The molecule has 0 spiro atoms. The highest BCUT2D eigenvalue weighted by Gasteiger charge is 2.23. The van der Waals surface area contributed by atoms with Crippen molar-refractivity contribution in [3.63, 3.8) is 0 Å². The summed E-state index contributed by atoms with van der Waals surface area (Å²) in [5, 5.41) is 3.45. The highest BCUT2D eigenvalue weighted by Crippen LogP contribution is 2.27. The fourth-order valence-corrected chi connectivity index (χ4v) is 2.76. The van der Waals surface area contributed by atoms with Crippen molar-refractivity contribution in [2.45, 2.75) is 26.4 Å². The van der Waals surface area contributed by atoms with E-state index in [1.807, 2.05) is 45.2 Å². The lowest BCUT2D eigenvalue weighted by molar-refractivity contribution is -0.907. The first-order valence-corrected chi connectivity index (χ1v) is 9.00. The number of anilines is 1. The predicted octanol–water partition coefficient (Wildman–Crippen LogP) is 2.79. The second-order valence-corrected chi connectivity index (χ2v) is 6.59. The molecule has 2 aromatic rings. The third-order valence-corrected chi connectivity index (χ3v) is 4.50. The van der Waals surface area contributed by atoms with Gasteiger partial charge in [0.25, 0.3) is 5.91 Å². The Bertz CT molecular complexity index is 734. The number of benzene rings is 2. The lowest BCUT2D eigenvalue weighted by Gasteiger charge is -2.22. The zero-order valence-corrected chi connectivity index (χ0v) is 16.4. The van der Waals surface area contributed by atoms with Gasteiger partial charge < -0.3 is 19.7 Å². The minimum atomic E-state index is -0.245. The Balaban J connectivity index is 1.99. The molecule has 0 bridgehead atoms.